The summed E-state index contributed by atoms with van der Waals surface area (Å²) in [6, 6.07) is 17.6. The van der Waals surface area contributed by atoms with Crippen molar-refractivity contribution in [1.29, 1.82) is 0 Å². The fourth-order valence-electron chi connectivity index (χ4n) is 2.71. The van der Waals surface area contributed by atoms with Crippen molar-refractivity contribution in [2.24, 2.45) is 0 Å². The molecule has 0 nitrogen and oxygen atoms in total. The van der Waals surface area contributed by atoms with Crippen LogP contribution >= 0.6 is 0 Å². The maximum Gasteiger partial charge on any atom is -0.0132 e. The van der Waals surface area contributed by atoms with Gasteiger partial charge < -0.3 is 0 Å². The van der Waals surface area contributed by atoms with E-state index >= 15 is 0 Å². The van der Waals surface area contributed by atoms with Crippen LogP contribution in [0.1, 0.15) is 56.9 Å². The molecule has 0 aliphatic heterocycles. The van der Waals surface area contributed by atoms with Crippen molar-refractivity contribution >= 4 is 11.1 Å². The Balaban J connectivity index is 2.39. The monoisotopic (exact) mass is 304 g/mol. The number of rotatable bonds is 3. The molecule has 120 valence electrons. The van der Waals surface area contributed by atoms with E-state index in [2.05, 4.69) is 102 Å². The van der Waals surface area contributed by atoms with Crippen LogP contribution in [0.15, 0.2) is 60.7 Å². The Kier molecular flexibility index (Phi) is 5.26. The van der Waals surface area contributed by atoms with E-state index < -0.39 is 0 Å². The number of benzene rings is 2. The molecule has 0 aromatic heterocycles. The van der Waals surface area contributed by atoms with E-state index in [1.807, 2.05) is 0 Å². The largest absolute Gasteiger partial charge is 0.0798 e. The summed E-state index contributed by atoms with van der Waals surface area (Å²) in [5.74, 6) is 0. The minimum Gasteiger partial charge on any atom is -0.0798 e. The molecule has 0 radical (unpaired) electrons. The van der Waals surface area contributed by atoms with Gasteiger partial charge in [-0.3, -0.25) is 0 Å². The topological polar surface area (TPSA) is 0 Å². The van der Waals surface area contributed by atoms with Gasteiger partial charge >= 0.3 is 0 Å². The lowest BCUT2D eigenvalue weighted by Crippen LogP contribution is -2.10. The predicted octanol–water partition coefficient (Wildman–Crippen LogP) is 6.80. The second-order valence-corrected chi connectivity index (χ2v) is 7.27. The summed E-state index contributed by atoms with van der Waals surface area (Å²) in [5, 5.41) is 0. The van der Waals surface area contributed by atoms with Crippen molar-refractivity contribution < 1.29 is 0 Å². The molecule has 0 aliphatic carbocycles. The lowest BCUT2D eigenvalue weighted by Gasteiger charge is -2.20. The molecule has 0 atom stereocenters. The number of hydrogen-bond acceptors (Lipinski definition) is 0. The van der Waals surface area contributed by atoms with Crippen molar-refractivity contribution in [1.82, 2.24) is 0 Å². The Morgan fingerprint density at radius 1 is 0.913 bits per heavy atom. The molecule has 0 fully saturated rings. The van der Waals surface area contributed by atoms with Gasteiger partial charge in [0.25, 0.3) is 0 Å². The highest BCUT2D eigenvalue weighted by molar-refractivity contribution is 5.83. The molecule has 0 heterocycles. The van der Waals surface area contributed by atoms with Gasteiger partial charge in [0.15, 0.2) is 0 Å². The molecule has 2 aromatic rings. The average Bonchev–Trinajstić information content (AvgIpc) is 2.51. The highest BCUT2D eigenvalue weighted by atomic mass is 14.2. The van der Waals surface area contributed by atoms with Crippen LogP contribution in [0.5, 0.6) is 0 Å². The second kappa shape index (κ2) is 7.00. The Morgan fingerprint density at radius 3 is 2.17 bits per heavy atom. The first kappa shape index (κ1) is 17.3. The smallest absolute Gasteiger partial charge is 0.0132 e. The number of aryl methyl sites for hydroxylation is 1. The van der Waals surface area contributed by atoms with Gasteiger partial charge in [0, 0.05) is 0 Å². The summed E-state index contributed by atoms with van der Waals surface area (Å²) in [5.41, 5.74) is 7.99. The van der Waals surface area contributed by atoms with Crippen molar-refractivity contribution in [2.45, 2.75) is 47.0 Å². The first-order valence-corrected chi connectivity index (χ1v) is 8.34. The van der Waals surface area contributed by atoms with Gasteiger partial charge in [0.05, 0.1) is 0 Å². The van der Waals surface area contributed by atoms with Crippen molar-refractivity contribution in [3.05, 3.63) is 82.9 Å². The second-order valence-electron chi connectivity index (χ2n) is 7.27. The van der Waals surface area contributed by atoms with Gasteiger partial charge in [0.1, 0.15) is 0 Å². The molecule has 23 heavy (non-hydrogen) atoms. The lowest BCUT2D eigenvalue weighted by atomic mass is 9.85. The van der Waals surface area contributed by atoms with Crippen LogP contribution in [-0.2, 0) is 5.41 Å². The Labute approximate surface area is 141 Å². The summed E-state index contributed by atoms with van der Waals surface area (Å²) in [7, 11) is 0. The van der Waals surface area contributed by atoms with Crippen LogP contribution in [0, 0.1) is 6.92 Å². The molecule has 0 amide bonds. The molecule has 0 saturated carbocycles. The van der Waals surface area contributed by atoms with Gasteiger partial charge in [-0.2, -0.15) is 0 Å². The molecular weight excluding hydrogens is 276 g/mol. The maximum absolute atomic E-state index is 2.31. The zero-order valence-electron chi connectivity index (χ0n) is 15.3. The van der Waals surface area contributed by atoms with Crippen LogP contribution < -0.4 is 0 Å². The SMILES string of the molecule is C/C=C(\C=C(/C)c1cccc(C(C)(C)C)c1)c1cccc(C)c1. The average molecular weight is 304 g/mol. The van der Waals surface area contributed by atoms with Crippen molar-refractivity contribution in [2.75, 3.05) is 0 Å². The predicted molar refractivity (Wildman–Crippen MR) is 104 cm³/mol. The van der Waals surface area contributed by atoms with E-state index in [9.17, 15) is 0 Å². The Bertz CT molecular complexity index is 737. The normalized spacial score (nSPS) is 13.3. The van der Waals surface area contributed by atoms with Gasteiger partial charge in [-0.25, -0.2) is 0 Å². The number of allylic oxidation sites excluding steroid dienone is 4. The van der Waals surface area contributed by atoms with E-state index in [-0.39, 0.29) is 5.41 Å². The summed E-state index contributed by atoms with van der Waals surface area (Å²) >= 11 is 0. The third kappa shape index (κ3) is 4.45. The minimum absolute atomic E-state index is 0.177. The van der Waals surface area contributed by atoms with Crippen molar-refractivity contribution in [3.63, 3.8) is 0 Å². The summed E-state index contributed by atoms with van der Waals surface area (Å²) in [6.45, 7) is 13.2. The first-order valence-electron chi connectivity index (χ1n) is 8.34. The maximum atomic E-state index is 2.31. The zero-order chi connectivity index (χ0) is 17.0. The van der Waals surface area contributed by atoms with Crippen LogP contribution in [0.4, 0.5) is 0 Å². The molecule has 0 aliphatic rings. The van der Waals surface area contributed by atoms with Crippen LogP contribution in [0.25, 0.3) is 11.1 Å². The summed E-state index contributed by atoms with van der Waals surface area (Å²) in [6.07, 6.45) is 4.47. The van der Waals surface area contributed by atoms with Crippen LogP contribution in [0.2, 0.25) is 0 Å². The van der Waals surface area contributed by atoms with Gasteiger partial charge in [-0.15, -0.1) is 0 Å². The van der Waals surface area contributed by atoms with E-state index in [0.29, 0.717) is 0 Å². The Morgan fingerprint density at radius 2 is 1.57 bits per heavy atom. The molecule has 2 aromatic carbocycles. The summed E-state index contributed by atoms with van der Waals surface area (Å²) < 4.78 is 0. The van der Waals surface area contributed by atoms with Gasteiger partial charge in [-0.1, -0.05) is 87.0 Å². The molecule has 0 saturated heterocycles. The third-order valence-corrected chi connectivity index (χ3v) is 4.22. The fraction of sp³-hybridized carbons (Fsp3) is 0.304. The quantitative estimate of drug-likeness (QED) is 0.547. The summed E-state index contributed by atoms with van der Waals surface area (Å²) in [4.78, 5) is 0. The highest BCUT2D eigenvalue weighted by Crippen LogP contribution is 2.27. The number of hydrogen-bond donors (Lipinski definition) is 0. The highest BCUT2D eigenvalue weighted by Gasteiger charge is 2.13. The Hall–Kier alpha value is -2.08. The van der Waals surface area contributed by atoms with Gasteiger partial charge in [0.2, 0.25) is 0 Å². The van der Waals surface area contributed by atoms with Crippen molar-refractivity contribution in [3.8, 4) is 0 Å². The first-order chi connectivity index (χ1) is 10.8. The molecule has 0 unspecified atom stereocenters. The van der Waals surface area contributed by atoms with E-state index in [4.69, 9.17) is 0 Å². The molecular formula is C23H28. The zero-order valence-corrected chi connectivity index (χ0v) is 15.3. The van der Waals surface area contributed by atoms with Gasteiger partial charge in [-0.05, 0) is 54.0 Å². The van der Waals surface area contributed by atoms with E-state index in [0.717, 1.165) is 0 Å². The molecule has 2 rings (SSSR count). The van der Waals surface area contributed by atoms with E-state index in [1.54, 1.807) is 0 Å². The van der Waals surface area contributed by atoms with E-state index in [1.165, 1.54) is 33.4 Å². The molecule has 0 spiro atoms. The molecule has 0 heteroatoms. The molecule has 0 N–H and O–H groups in total. The standard InChI is InChI=1S/C23H28/c1-7-19(21-12-8-10-17(2)14-21)15-18(3)20-11-9-13-22(16-20)23(4,5)6/h7-16H,1-6H3/b18-15+,19-7+. The fourth-order valence-corrected chi connectivity index (χ4v) is 2.71. The van der Waals surface area contributed by atoms with Crippen LogP contribution in [-0.4, -0.2) is 0 Å². The van der Waals surface area contributed by atoms with Crippen LogP contribution in [0.3, 0.4) is 0 Å². The third-order valence-electron chi connectivity index (χ3n) is 4.22. The molecule has 0 bridgehead atoms. The minimum atomic E-state index is 0.177. The lowest BCUT2D eigenvalue weighted by molar-refractivity contribution is 0.590.